The number of nitrogen functional groups attached to an aromatic ring is 1. The number of fused-ring (bicyclic) bond motifs is 1. The minimum Gasteiger partial charge on any atom is -0.384 e. The molecule has 3 aromatic heterocycles. The SMILES string of the molecule is Cc1nc(N)ccc1CNC(=O)c1cccc(Cc2ccc3ncc(Cl)cc3c2)n1. The highest BCUT2D eigenvalue weighted by molar-refractivity contribution is 6.31. The number of pyridine rings is 3. The fourth-order valence-electron chi connectivity index (χ4n) is 3.24. The number of nitrogens with two attached hydrogens (primary N) is 1. The summed E-state index contributed by atoms with van der Waals surface area (Å²) >= 11 is 6.05. The normalized spacial score (nSPS) is 10.9. The van der Waals surface area contributed by atoms with Crippen LogP contribution in [0.1, 0.15) is 33.0 Å². The van der Waals surface area contributed by atoms with Crippen molar-refractivity contribution in [3.63, 3.8) is 0 Å². The quantitative estimate of drug-likeness (QED) is 0.510. The van der Waals surface area contributed by atoms with Gasteiger partial charge in [-0.2, -0.15) is 0 Å². The van der Waals surface area contributed by atoms with Crippen LogP contribution in [0.3, 0.4) is 0 Å². The molecule has 0 unspecified atom stereocenters. The van der Waals surface area contributed by atoms with Gasteiger partial charge in [-0.25, -0.2) is 9.97 Å². The van der Waals surface area contributed by atoms with Crippen LogP contribution in [-0.2, 0) is 13.0 Å². The Kier molecular flexibility index (Phi) is 5.59. The van der Waals surface area contributed by atoms with E-state index in [0.29, 0.717) is 29.5 Å². The Morgan fingerprint density at radius 1 is 1.10 bits per heavy atom. The molecule has 0 saturated heterocycles. The second-order valence-electron chi connectivity index (χ2n) is 7.03. The molecule has 0 saturated carbocycles. The van der Waals surface area contributed by atoms with Crippen LogP contribution in [0.25, 0.3) is 10.9 Å². The maximum Gasteiger partial charge on any atom is 0.270 e. The largest absolute Gasteiger partial charge is 0.384 e. The minimum absolute atomic E-state index is 0.234. The smallest absolute Gasteiger partial charge is 0.270 e. The summed E-state index contributed by atoms with van der Waals surface area (Å²) in [7, 11) is 0. The first kappa shape index (κ1) is 19.8. The number of hydrogen-bond donors (Lipinski definition) is 2. The van der Waals surface area contributed by atoms with E-state index in [0.717, 1.165) is 33.4 Å². The molecule has 0 bridgehead atoms. The highest BCUT2D eigenvalue weighted by Gasteiger charge is 2.10. The summed E-state index contributed by atoms with van der Waals surface area (Å²) in [5.74, 6) is 0.228. The maximum absolute atomic E-state index is 12.6. The highest BCUT2D eigenvalue weighted by Crippen LogP contribution is 2.19. The Hall–Kier alpha value is -3.51. The molecule has 150 valence electrons. The zero-order valence-electron chi connectivity index (χ0n) is 16.4. The number of hydrogen-bond acceptors (Lipinski definition) is 5. The van der Waals surface area contributed by atoms with Gasteiger partial charge in [0, 0.05) is 35.9 Å². The van der Waals surface area contributed by atoms with E-state index in [-0.39, 0.29) is 5.91 Å². The molecule has 0 aliphatic carbocycles. The molecule has 0 atom stereocenters. The molecule has 0 fully saturated rings. The van der Waals surface area contributed by atoms with Gasteiger partial charge in [0.25, 0.3) is 5.91 Å². The topological polar surface area (TPSA) is 93.8 Å². The molecule has 0 aliphatic rings. The van der Waals surface area contributed by atoms with Gasteiger partial charge in [0.1, 0.15) is 11.5 Å². The Morgan fingerprint density at radius 3 is 2.80 bits per heavy atom. The van der Waals surface area contributed by atoms with Crippen LogP contribution in [0, 0.1) is 6.92 Å². The van der Waals surface area contributed by atoms with Gasteiger partial charge >= 0.3 is 0 Å². The van der Waals surface area contributed by atoms with Crippen molar-refractivity contribution in [2.45, 2.75) is 19.9 Å². The number of amides is 1. The molecule has 1 amide bonds. The summed E-state index contributed by atoms with van der Waals surface area (Å²) in [6.45, 7) is 2.23. The Morgan fingerprint density at radius 2 is 1.97 bits per heavy atom. The molecule has 0 aliphatic heterocycles. The lowest BCUT2D eigenvalue weighted by Crippen LogP contribution is -2.24. The number of nitrogens with zero attached hydrogens (tertiary/aromatic N) is 3. The molecule has 4 rings (SSSR count). The van der Waals surface area contributed by atoms with E-state index in [1.54, 1.807) is 18.3 Å². The fourth-order valence-corrected chi connectivity index (χ4v) is 3.41. The van der Waals surface area contributed by atoms with E-state index in [2.05, 4.69) is 20.3 Å². The summed E-state index contributed by atoms with van der Waals surface area (Å²) in [4.78, 5) is 25.6. The van der Waals surface area contributed by atoms with Gasteiger partial charge in [0.15, 0.2) is 0 Å². The van der Waals surface area contributed by atoms with Gasteiger partial charge in [-0.3, -0.25) is 9.78 Å². The summed E-state index contributed by atoms with van der Waals surface area (Å²) < 4.78 is 0. The van der Waals surface area contributed by atoms with Crippen molar-refractivity contribution >= 4 is 34.2 Å². The van der Waals surface area contributed by atoms with Gasteiger partial charge in [0.2, 0.25) is 0 Å². The molecule has 6 nitrogen and oxygen atoms in total. The number of benzene rings is 1. The van der Waals surface area contributed by atoms with Crippen LogP contribution in [0.15, 0.2) is 60.8 Å². The van der Waals surface area contributed by atoms with Crippen LogP contribution in [-0.4, -0.2) is 20.9 Å². The predicted octanol–water partition coefficient (Wildman–Crippen LogP) is 4.09. The van der Waals surface area contributed by atoms with Crippen molar-refractivity contribution in [3.05, 3.63) is 94.0 Å². The molecular weight excluding hydrogens is 398 g/mol. The first-order valence-corrected chi connectivity index (χ1v) is 9.86. The van der Waals surface area contributed by atoms with Crippen LogP contribution in [0.5, 0.6) is 0 Å². The second-order valence-corrected chi connectivity index (χ2v) is 7.47. The molecule has 3 heterocycles. The number of carbonyl (C=O) groups is 1. The number of carbonyl (C=O) groups excluding carboxylic acids is 1. The Bertz CT molecular complexity index is 1240. The Balaban J connectivity index is 1.47. The van der Waals surface area contributed by atoms with Crippen molar-refractivity contribution < 1.29 is 4.79 Å². The molecule has 30 heavy (non-hydrogen) atoms. The van der Waals surface area contributed by atoms with Crippen LogP contribution in [0.2, 0.25) is 5.02 Å². The molecule has 7 heteroatoms. The summed E-state index contributed by atoms with van der Waals surface area (Å²) in [6, 6.07) is 16.9. The highest BCUT2D eigenvalue weighted by atomic mass is 35.5. The lowest BCUT2D eigenvalue weighted by Gasteiger charge is -2.09. The van der Waals surface area contributed by atoms with E-state index in [9.17, 15) is 4.79 Å². The van der Waals surface area contributed by atoms with Gasteiger partial charge < -0.3 is 11.1 Å². The Labute approximate surface area is 179 Å². The van der Waals surface area contributed by atoms with Gasteiger partial charge in [-0.1, -0.05) is 29.8 Å². The predicted molar refractivity (Wildman–Crippen MR) is 118 cm³/mol. The molecule has 1 aromatic carbocycles. The van der Waals surface area contributed by atoms with Crippen molar-refractivity contribution in [2.75, 3.05) is 5.73 Å². The molecule has 0 spiro atoms. The lowest BCUT2D eigenvalue weighted by atomic mass is 10.1. The standard InChI is InChI=1S/C23H20ClN5O/c1-14-16(6-8-22(25)28-14)12-27-23(30)21-4-2-3-19(29-21)10-15-5-7-20-17(9-15)11-18(24)13-26-20/h2-9,11,13H,10,12H2,1H3,(H2,25,28)(H,27,30). The molecule has 4 aromatic rings. The molecule has 0 radical (unpaired) electrons. The minimum atomic E-state index is -0.234. The number of aryl methyl sites for hydroxylation is 1. The van der Waals surface area contributed by atoms with Crippen molar-refractivity contribution in [1.82, 2.24) is 20.3 Å². The van der Waals surface area contributed by atoms with Gasteiger partial charge in [-0.05, 0) is 54.4 Å². The summed E-state index contributed by atoms with van der Waals surface area (Å²) in [6.07, 6.45) is 2.24. The zero-order valence-corrected chi connectivity index (χ0v) is 17.1. The van der Waals surface area contributed by atoms with E-state index in [1.165, 1.54) is 0 Å². The third kappa shape index (κ3) is 4.55. The third-order valence-corrected chi connectivity index (χ3v) is 5.00. The van der Waals surface area contributed by atoms with Crippen molar-refractivity contribution in [1.29, 1.82) is 0 Å². The number of nitrogens with one attached hydrogen (secondary N) is 1. The first-order chi connectivity index (χ1) is 14.5. The first-order valence-electron chi connectivity index (χ1n) is 9.48. The summed E-state index contributed by atoms with van der Waals surface area (Å²) in [5, 5.41) is 4.47. The van der Waals surface area contributed by atoms with Crippen LogP contribution >= 0.6 is 11.6 Å². The van der Waals surface area contributed by atoms with E-state index in [4.69, 9.17) is 17.3 Å². The van der Waals surface area contributed by atoms with Crippen LogP contribution in [0.4, 0.5) is 5.82 Å². The third-order valence-electron chi connectivity index (χ3n) is 4.79. The number of rotatable bonds is 5. The average Bonchev–Trinajstić information content (AvgIpc) is 2.73. The average molecular weight is 418 g/mol. The van der Waals surface area contributed by atoms with Gasteiger partial charge in [0.05, 0.1) is 10.5 Å². The van der Waals surface area contributed by atoms with E-state index in [1.807, 2.05) is 49.4 Å². The number of aromatic nitrogens is 3. The van der Waals surface area contributed by atoms with Crippen LogP contribution < -0.4 is 11.1 Å². The number of anilines is 1. The zero-order chi connectivity index (χ0) is 21.1. The molecule has 3 N–H and O–H groups in total. The number of halogens is 1. The van der Waals surface area contributed by atoms with Crippen molar-refractivity contribution in [3.8, 4) is 0 Å². The van der Waals surface area contributed by atoms with Crippen molar-refractivity contribution in [2.24, 2.45) is 0 Å². The van der Waals surface area contributed by atoms with Gasteiger partial charge in [-0.15, -0.1) is 0 Å². The molecular formula is C23H20ClN5O. The van der Waals surface area contributed by atoms with E-state index >= 15 is 0 Å². The summed E-state index contributed by atoms with van der Waals surface area (Å²) in [5.41, 5.74) is 10.5. The van der Waals surface area contributed by atoms with E-state index < -0.39 is 0 Å². The lowest BCUT2D eigenvalue weighted by molar-refractivity contribution is 0.0945. The fraction of sp³-hybridized carbons (Fsp3) is 0.130. The monoisotopic (exact) mass is 417 g/mol. The second kappa shape index (κ2) is 8.47. The maximum atomic E-state index is 12.6.